The van der Waals surface area contributed by atoms with Crippen molar-refractivity contribution in [2.45, 2.75) is 44.7 Å². The Balaban J connectivity index is 2.00. The van der Waals surface area contributed by atoms with E-state index in [9.17, 15) is 0 Å². The van der Waals surface area contributed by atoms with E-state index in [0.29, 0.717) is 12.1 Å². The lowest BCUT2D eigenvalue weighted by molar-refractivity contribution is 0.409. The summed E-state index contributed by atoms with van der Waals surface area (Å²) >= 11 is 3.52. The van der Waals surface area contributed by atoms with Gasteiger partial charge in [0.15, 0.2) is 0 Å². The highest BCUT2D eigenvalue weighted by atomic mass is 79.9. The van der Waals surface area contributed by atoms with Crippen molar-refractivity contribution in [3.63, 3.8) is 0 Å². The van der Waals surface area contributed by atoms with Crippen molar-refractivity contribution in [1.82, 2.24) is 0 Å². The van der Waals surface area contributed by atoms with E-state index in [0.717, 1.165) is 6.42 Å². The van der Waals surface area contributed by atoms with Crippen molar-refractivity contribution in [1.29, 1.82) is 0 Å². The number of nitrogens with one attached hydrogen (secondary N) is 1. The maximum Gasteiger partial charge on any atom is 0.0345 e. The molecule has 0 saturated heterocycles. The van der Waals surface area contributed by atoms with Crippen molar-refractivity contribution >= 4 is 21.6 Å². The van der Waals surface area contributed by atoms with Crippen LogP contribution in [0.25, 0.3) is 0 Å². The fourth-order valence-corrected chi connectivity index (χ4v) is 2.58. The first-order chi connectivity index (χ1) is 7.65. The van der Waals surface area contributed by atoms with Gasteiger partial charge in [-0.2, -0.15) is 0 Å². The molecule has 0 bridgehead atoms. The number of halogens is 1. The van der Waals surface area contributed by atoms with Crippen molar-refractivity contribution in [3.05, 3.63) is 28.2 Å². The Morgan fingerprint density at radius 3 is 2.88 bits per heavy atom. The monoisotopic (exact) mass is 282 g/mol. The molecule has 88 valence electrons. The lowest BCUT2D eigenvalue weighted by atomic mass is 9.91. The van der Waals surface area contributed by atoms with E-state index in [2.05, 4.69) is 46.4 Å². The van der Waals surface area contributed by atoms with E-state index in [-0.39, 0.29) is 0 Å². The van der Waals surface area contributed by atoms with Crippen LogP contribution in [0.1, 0.15) is 31.2 Å². The van der Waals surface area contributed by atoms with Crippen molar-refractivity contribution < 1.29 is 0 Å². The average molecular weight is 283 g/mol. The molecule has 1 aliphatic carbocycles. The highest BCUT2D eigenvalue weighted by Gasteiger charge is 2.18. The lowest BCUT2D eigenvalue weighted by Gasteiger charge is -2.28. The van der Waals surface area contributed by atoms with Gasteiger partial charge < -0.3 is 11.1 Å². The van der Waals surface area contributed by atoms with Crippen molar-refractivity contribution in [3.8, 4) is 0 Å². The van der Waals surface area contributed by atoms with Gasteiger partial charge in [0, 0.05) is 22.2 Å². The molecule has 1 saturated carbocycles. The summed E-state index contributed by atoms with van der Waals surface area (Å²) in [5, 5.41) is 3.58. The van der Waals surface area contributed by atoms with Crippen LogP contribution < -0.4 is 11.1 Å². The summed E-state index contributed by atoms with van der Waals surface area (Å²) in [5.41, 5.74) is 8.46. The second-order valence-corrected chi connectivity index (χ2v) is 5.59. The van der Waals surface area contributed by atoms with E-state index < -0.39 is 0 Å². The first-order valence-electron chi connectivity index (χ1n) is 5.93. The second-order valence-electron chi connectivity index (χ2n) is 4.73. The molecule has 16 heavy (non-hydrogen) atoms. The number of anilines is 1. The molecule has 0 amide bonds. The zero-order chi connectivity index (χ0) is 11.5. The van der Waals surface area contributed by atoms with Crippen LogP contribution in [0, 0.1) is 6.92 Å². The van der Waals surface area contributed by atoms with E-state index in [1.807, 2.05) is 0 Å². The van der Waals surface area contributed by atoms with Crippen LogP contribution in [0.4, 0.5) is 5.69 Å². The third-order valence-corrected chi connectivity index (χ3v) is 4.13. The second kappa shape index (κ2) is 5.19. The topological polar surface area (TPSA) is 38.0 Å². The van der Waals surface area contributed by atoms with Crippen molar-refractivity contribution in [2.24, 2.45) is 5.73 Å². The molecule has 0 heterocycles. The van der Waals surface area contributed by atoms with Gasteiger partial charge in [0.05, 0.1) is 0 Å². The Morgan fingerprint density at radius 1 is 1.38 bits per heavy atom. The predicted molar refractivity (Wildman–Crippen MR) is 72.7 cm³/mol. The molecular weight excluding hydrogens is 264 g/mol. The SMILES string of the molecule is Cc1cc(NC2CCCC(N)C2)ccc1Br. The third kappa shape index (κ3) is 2.98. The van der Waals surface area contributed by atoms with Gasteiger partial charge >= 0.3 is 0 Å². The molecule has 2 unspecified atom stereocenters. The van der Waals surface area contributed by atoms with Crippen LogP contribution in [-0.2, 0) is 0 Å². The van der Waals surface area contributed by atoms with Gasteiger partial charge in [0.1, 0.15) is 0 Å². The zero-order valence-corrected chi connectivity index (χ0v) is 11.3. The van der Waals surface area contributed by atoms with Gasteiger partial charge in [0.2, 0.25) is 0 Å². The van der Waals surface area contributed by atoms with E-state index in [4.69, 9.17) is 5.73 Å². The molecule has 1 aromatic carbocycles. The first kappa shape index (κ1) is 11.9. The number of aryl methyl sites for hydroxylation is 1. The Labute approximate surface area is 106 Å². The maximum absolute atomic E-state index is 5.99. The molecule has 0 aliphatic heterocycles. The number of rotatable bonds is 2. The quantitative estimate of drug-likeness (QED) is 0.872. The normalized spacial score (nSPS) is 25.4. The summed E-state index contributed by atoms with van der Waals surface area (Å²) in [6.07, 6.45) is 4.75. The van der Waals surface area contributed by atoms with Crippen LogP contribution in [-0.4, -0.2) is 12.1 Å². The third-order valence-electron chi connectivity index (χ3n) is 3.24. The molecule has 1 aromatic rings. The number of hydrogen-bond donors (Lipinski definition) is 2. The highest BCUT2D eigenvalue weighted by molar-refractivity contribution is 9.10. The smallest absolute Gasteiger partial charge is 0.0345 e. The van der Waals surface area contributed by atoms with Gasteiger partial charge in [-0.15, -0.1) is 0 Å². The predicted octanol–water partition coefficient (Wildman–Crippen LogP) is 3.44. The number of nitrogens with two attached hydrogens (primary N) is 1. The molecule has 2 atom stereocenters. The molecule has 3 heteroatoms. The van der Waals surface area contributed by atoms with Gasteiger partial charge in [-0.3, -0.25) is 0 Å². The molecular formula is C13H19BrN2. The Kier molecular flexibility index (Phi) is 3.87. The molecule has 0 radical (unpaired) electrons. The molecule has 0 spiro atoms. The van der Waals surface area contributed by atoms with Crippen LogP contribution in [0.2, 0.25) is 0 Å². The summed E-state index contributed by atoms with van der Waals surface area (Å²) in [6, 6.07) is 7.33. The average Bonchev–Trinajstić information content (AvgIpc) is 2.24. The van der Waals surface area contributed by atoms with Crippen LogP contribution in [0.5, 0.6) is 0 Å². The number of benzene rings is 1. The highest BCUT2D eigenvalue weighted by Crippen LogP contribution is 2.24. The Hall–Kier alpha value is -0.540. The standard InChI is InChI=1S/C13H19BrN2/c1-9-7-12(5-6-13(9)14)16-11-4-2-3-10(15)8-11/h5-7,10-11,16H,2-4,8,15H2,1H3. The van der Waals surface area contributed by atoms with Gasteiger partial charge in [-0.1, -0.05) is 15.9 Å². The van der Waals surface area contributed by atoms with Gasteiger partial charge in [0.25, 0.3) is 0 Å². The summed E-state index contributed by atoms with van der Waals surface area (Å²) in [5.74, 6) is 0. The first-order valence-corrected chi connectivity index (χ1v) is 6.73. The van der Waals surface area contributed by atoms with Crippen LogP contribution in [0.3, 0.4) is 0 Å². The minimum Gasteiger partial charge on any atom is -0.382 e. The minimum absolute atomic E-state index is 0.378. The summed E-state index contributed by atoms with van der Waals surface area (Å²) < 4.78 is 1.17. The van der Waals surface area contributed by atoms with Crippen LogP contribution >= 0.6 is 15.9 Å². The summed E-state index contributed by atoms with van der Waals surface area (Å²) in [7, 11) is 0. The minimum atomic E-state index is 0.378. The molecule has 1 aliphatic rings. The van der Waals surface area contributed by atoms with Gasteiger partial charge in [-0.05, 0) is 56.4 Å². The lowest BCUT2D eigenvalue weighted by Crippen LogP contribution is -2.34. The fourth-order valence-electron chi connectivity index (χ4n) is 2.33. The van der Waals surface area contributed by atoms with Gasteiger partial charge in [-0.25, -0.2) is 0 Å². The number of hydrogen-bond acceptors (Lipinski definition) is 2. The molecule has 2 nitrogen and oxygen atoms in total. The molecule has 2 rings (SSSR count). The van der Waals surface area contributed by atoms with E-state index in [1.54, 1.807) is 0 Å². The largest absolute Gasteiger partial charge is 0.382 e. The van der Waals surface area contributed by atoms with E-state index in [1.165, 1.54) is 35.0 Å². The van der Waals surface area contributed by atoms with E-state index >= 15 is 0 Å². The zero-order valence-electron chi connectivity index (χ0n) is 9.67. The summed E-state index contributed by atoms with van der Waals surface area (Å²) in [6.45, 7) is 2.11. The summed E-state index contributed by atoms with van der Waals surface area (Å²) in [4.78, 5) is 0. The molecule has 0 aromatic heterocycles. The Bertz CT molecular complexity index is 365. The molecule has 1 fully saturated rings. The Morgan fingerprint density at radius 2 is 2.19 bits per heavy atom. The van der Waals surface area contributed by atoms with Crippen molar-refractivity contribution in [2.75, 3.05) is 5.32 Å². The molecule has 3 N–H and O–H groups in total. The fraction of sp³-hybridized carbons (Fsp3) is 0.538. The van der Waals surface area contributed by atoms with Crippen LogP contribution in [0.15, 0.2) is 22.7 Å². The maximum atomic E-state index is 5.99.